The summed E-state index contributed by atoms with van der Waals surface area (Å²) in [6.07, 6.45) is 3.91. The zero-order chi connectivity index (χ0) is 11.0. The molecule has 1 radical (unpaired) electrons. The van der Waals surface area contributed by atoms with E-state index in [1.165, 1.54) is 0 Å². The largest absolute Gasteiger partial charge is 0.289 e. The van der Waals surface area contributed by atoms with Crippen LogP contribution in [0.3, 0.4) is 0 Å². The van der Waals surface area contributed by atoms with Crippen molar-refractivity contribution in [1.29, 1.82) is 0 Å². The molecule has 1 aromatic rings. The van der Waals surface area contributed by atoms with Crippen LogP contribution in [0.2, 0.25) is 0 Å². The molecule has 2 aliphatic rings. The van der Waals surface area contributed by atoms with Crippen LogP contribution in [0.15, 0.2) is 51.5 Å². The molecule has 3 rings (SSSR count). The smallest absolute Gasteiger partial charge is 0.194 e. The lowest BCUT2D eigenvalue weighted by atomic mass is 9.56. The van der Waals surface area contributed by atoms with Crippen molar-refractivity contribution >= 4 is 42.9 Å². The van der Waals surface area contributed by atoms with Gasteiger partial charge in [0.2, 0.25) is 0 Å². The topological polar surface area (TPSA) is 17.1 Å². The lowest BCUT2D eigenvalue weighted by Gasteiger charge is -2.16. The van der Waals surface area contributed by atoms with Crippen molar-refractivity contribution in [3.8, 4) is 0 Å². The van der Waals surface area contributed by atoms with Crippen LogP contribution >= 0.6 is 20.7 Å². The molecule has 0 spiro atoms. The van der Waals surface area contributed by atoms with Gasteiger partial charge in [-0.25, -0.2) is 0 Å². The number of hydrogen-bond acceptors (Lipinski definition) is 1. The van der Waals surface area contributed by atoms with Gasteiger partial charge in [0.1, 0.15) is 0 Å². The number of hydrogen-bond donors (Lipinski definition) is 0. The Kier molecular flexibility index (Phi) is 2.50. The first kappa shape index (κ1) is 10.0. The van der Waals surface area contributed by atoms with E-state index in [4.69, 9.17) is 0 Å². The normalized spacial score (nSPS) is 17.1. The molecule has 0 bridgehead atoms. The minimum Gasteiger partial charge on any atom is -0.289 e. The molecule has 0 saturated heterocycles. The zero-order valence-corrected chi connectivity index (χ0v) is 10.6. The van der Waals surface area contributed by atoms with E-state index in [2.05, 4.69) is 15.0 Å². The van der Waals surface area contributed by atoms with Crippen LogP contribution in [-0.4, -0.2) is 16.7 Å². The molecule has 2 heterocycles. The fourth-order valence-electron chi connectivity index (χ4n) is 1.86. The lowest BCUT2D eigenvalue weighted by Crippen LogP contribution is -2.30. The maximum Gasteiger partial charge on any atom is 0.194 e. The molecule has 0 amide bonds. The SMILES string of the molecule is O=C1C2=C([B]c3ccccc31)C=C=IC=C2. The lowest BCUT2D eigenvalue weighted by molar-refractivity contribution is 0.103. The molecule has 0 fully saturated rings. The Morgan fingerprint density at radius 1 is 1.25 bits per heavy atom. The average Bonchev–Trinajstić information content (AvgIpc) is 2.55. The highest BCUT2D eigenvalue weighted by Crippen LogP contribution is 2.21. The van der Waals surface area contributed by atoms with Crippen LogP contribution in [0, 0.1) is 0 Å². The molecule has 0 atom stereocenters. The summed E-state index contributed by atoms with van der Waals surface area (Å²) >= 11 is -0.148. The third kappa shape index (κ3) is 1.56. The van der Waals surface area contributed by atoms with Gasteiger partial charge in [-0.2, -0.15) is 0 Å². The fourth-order valence-corrected chi connectivity index (χ4v) is 3.13. The van der Waals surface area contributed by atoms with Crippen LogP contribution < -0.4 is 5.46 Å². The number of halogens is 1. The molecule has 0 N–H and O–H groups in total. The molecule has 1 aromatic carbocycles. The van der Waals surface area contributed by atoms with Gasteiger partial charge in [0, 0.05) is 11.1 Å². The van der Waals surface area contributed by atoms with Crippen molar-refractivity contribution in [1.82, 2.24) is 0 Å². The van der Waals surface area contributed by atoms with E-state index < -0.39 is 0 Å². The molecule has 3 heteroatoms. The van der Waals surface area contributed by atoms with Gasteiger partial charge >= 0.3 is 0 Å². The number of fused-ring (bicyclic) bond motifs is 1. The van der Waals surface area contributed by atoms with Crippen molar-refractivity contribution in [3.63, 3.8) is 0 Å². The number of ketones is 1. The summed E-state index contributed by atoms with van der Waals surface area (Å²) in [5.41, 5.74) is 3.62. The third-order valence-electron chi connectivity index (χ3n) is 2.64. The molecule has 0 unspecified atom stereocenters. The third-order valence-corrected chi connectivity index (χ3v) is 4.03. The summed E-state index contributed by atoms with van der Waals surface area (Å²) in [5.74, 6) is 0.133. The van der Waals surface area contributed by atoms with Crippen molar-refractivity contribution in [2.75, 3.05) is 0 Å². The molecule has 0 aliphatic carbocycles. The molecule has 0 saturated carbocycles. The first-order valence-corrected chi connectivity index (χ1v) is 7.29. The van der Waals surface area contributed by atoms with Gasteiger partial charge in [0.25, 0.3) is 0 Å². The summed E-state index contributed by atoms with van der Waals surface area (Å²) in [6.45, 7) is 0. The predicted molar refractivity (Wildman–Crippen MR) is 75.9 cm³/mol. The maximum atomic E-state index is 12.2. The van der Waals surface area contributed by atoms with Gasteiger partial charge in [-0.05, 0) is 37.0 Å². The Morgan fingerprint density at radius 2 is 2.12 bits per heavy atom. The van der Waals surface area contributed by atoms with Gasteiger partial charge in [0.15, 0.2) is 13.1 Å². The second kappa shape index (κ2) is 4.00. The van der Waals surface area contributed by atoms with Crippen LogP contribution in [-0.2, 0) is 0 Å². The van der Waals surface area contributed by atoms with Gasteiger partial charge in [-0.1, -0.05) is 38.9 Å². The Morgan fingerprint density at radius 3 is 3.06 bits per heavy atom. The van der Waals surface area contributed by atoms with E-state index in [1.54, 1.807) is 0 Å². The van der Waals surface area contributed by atoms with Gasteiger partial charge < -0.3 is 0 Å². The first-order chi connectivity index (χ1) is 7.86. The first-order valence-electron chi connectivity index (χ1n) is 4.97. The summed E-state index contributed by atoms with van der Waals surface area (Å²) in [7, 11) is 2.07. The van der Waals surface area contributed by atoms with Gasteiger partial charge in [-0.15, -0.1) is 0 Å². The molecular formula is C13H7BIO. The Labute approximate surface area is 105 Å². The van der Waals surface area contributed by atoms with E-state index >= 15 is 0 Å². The van der Waals surface area contributed by atoms with E-state index in [0.717, 1.165) is 22.1 Å². The number of carbonyl (C=O) groups excluding carboxylic acids is 1. The van der Waals surface area contributed by atoms with Crippen LogP contribution in [0.25, 0.3) is 0 Å². The minimum atomic E-state index is -0.148. The van der Waals surface area contributed by atoms with Crippen molar-refractivity contribution in [3.05, 3.63) is 57.1 Å². The van der Waals surface area contributed by atoms with E-state index in [0.29, 0.717) is 0 Å². The summed E-state index contributed by atoms with van der Waals surface area (Å²) in [6, 6.07) is 7.74. The molecule has 16 heavy (non-hydrogen) atoms. The van der Waals surface area contributed by atoms with Crippen molar-refractivity contribution in [2.24, 2.45) is 0 Å². The number of Topliss-reactive ketones (excluding diaryl/α,β-unsaturated/α-hetero) is 1. The maximum absolute atomic E-state index is 12.2. The highest BCUT2D eigenvalue weighted by molar-refractivity contribution is 14.2. The van der Waals surface area contributed by atoms with E-state index in [9.17, 15) is 4.79 Å². The summed E-state index contributed by atoms with van der Waals surface area (Å²) in [4.78, 5) is 12.2. The summed E-state index contributed by atoms with van der Waals surface area (Å²) in [5, 5.41) is 0. The number of allylic oxidation sites excluding steroid dienone is 4. The predicted octanol–water partition coefficient (Wildman–Crippen LogP) is 1.92. The van der Waals surface area contributed by atoms with Gasteiger partial charge in [0.05, 0.1) is 0 Å². The van der Waals surface area contributed by atoms with Crippen LogP contribution in [0.4, 0.5) is 0 Å². The van der Waals surface area contributed by atoms with E-state index in [-0.39, 0.29) is 26.5 Å². The monoisotopic (exact) mass is 317 g/mol. The number of rotatable bonds is 0. The van der Waals surface area contributed by atoms with E-state index in [1.807, 2.05) is 36.4 Å². The minimum absolute atomic E-state index is 0.133. The molecular weight excluding hydrogens is 310 g/mol. The Bertz CT molecular complexity index is 604. The number of carbonyl (C=O) groups is 1. The second-order valence-corrected chi connectivity index (χ2v) is 5.55. The van der Waals surface area contributed by atoms with Crippen molar-refractivity contribution in [2.45, 2.75) is 0 Å². The highest BCUT2D eigenvalue weighted by Gasteiger charge is 2.23. The molecule has 2 aliphatic heterocycles. The quantitative estimate of drug-likeness (QED) is 0.528. The van der Waals surface area contributed by atoms with Crippen LogP contribution in [0.1, 0.15) is 10.4 Å². The average molecular weight is 317 g/mol. The number of benzene rings is 1. The highest BCUT2D eigenvalue weighted by atomic mass is 127. The molecule has 1 nitrogen and oxygen atoms in total. The summed E-state index contributed by atoms with van der Waals surface area (Å²) < 4.78 is 5.34. The Balaban J connectivity index is 2.20. The second-order valence-electron chi connectivity index (χ2n) is 3.58. The Hall–Kier alpha value is -1.19. The zero-order valence-electron chi connectivity index (χ0n) is 8.41. The standard InChI is InChI=1S/C13H7BIO/c16-13-9-3-1-2-4-11(9)14-12-6-8-15-7-5-10(12)13/h1-7H. The molecule has 0 aromatic heterocycles. The fraction of sp³-hybridized carbons (Fsp3) is 0. The molecule has 75 valence electrons. The van der Waals surface area contributed by atoms with Gasteiger partial charge in [-0.3, -0.25) is 4.79 Å². The van der Waals surface area contributed by atoms with Crippen LogP contribution in [0.5, 0.6) is 0 Å². The van der Waals surface area contributed by atoms with Crippen molar-refractivity contribution < 1.29 is 4.79 Å².